The average molecular weight is 478 g/mol. The van der Waals surface area contributed by atoms with E-state index in [0.29, 0.717) is 22.3 Å². The maximum absolute atomic E-state index is 5.97. The van der Waals surface area contributed by atoms with E-state index in [1.165, 1.54) is 0 Å². The molecule has 0 aliphatic rings. The number of halogens is 1. The number of hydrogen-bond donors (Lipinski definition) is 1. The summed E-state index contributed by atoms with van der Waals surface area (Å²) in [6.45, 7) is 0.256. The van der Waals surface area contributed by atoms with Gasteiger partial charge in [-0.2, -0.15) is 0 Å². The molecule has 0 aliphatic carbocycles. The van der Waals surface area contributed by atoms with Crippen LogP contribution in [0.3, 0.4) is 0 Å². The smallest absolute Gasteiger partial charge is 0.196 e. The Labute approximate surface area is 199 Å². The number of ether oxygens (including phenoxy) is 2. The standard InChI is InChI=1S/C24H20ClN5O2S/c1-31-18-12-8-17(9-13-18)30-23(14-32-19-10-6-16(25)7-11-19)28-29-24(30)33-15-22-26-20-4-2-3-5-21(20)27-22/h2-13H,14-15H2,1H3,(H,26,27). The molecule has 0 radical (unpaired) electrons. The van der Waals surface area contributed by atoms with Crippen LogP contribution in [0.4, 0.5) is 0 Å². The van der Waals surface area contributed by atoms with E-state index in [2.05, 4.69) is 20.2 Å². The lowest BCUT2D eigenvalue weighted by molar-refractivity contribution is 0.293. The molecule has 0 atom stereocenters. The van der Waals surface area contributed by atoms with Crippen LogP contribution < -0.4 is 9.47 Å². The van der Waals surface area contributed by atoms with E-state index in [1.54, 1.807) is 31.0 Å². The Balaban J connectivity index is 1.41. The van der Waals surface area contributed by atoms with Gasteiger partial charge in [-0.05, 0) is 60.7 Å². The van der Waals surface area contributed by atoms with Crippen LogP contribution in [0, 0.1) is 0 Å². The van der Waals surface area contributed by atoms with Crippen LogP contribution in [-0.4, -0.2) is 31.8 Å². The first kappa shape index (κ1) is 21.4. The van der Waals surface area contributed by atoms with Crippen molar-refractivity contribution >= 4 is 34.4 Å². The number of nitrogens with zero attached hydrogens (tertiary/aromatic N) is 4. The lowest BCUT2D eigenvalue weighted by Crippen LogP contribution is -2.07. The predicted molar refractivity (Wildman–Crippen MR) is 129 cm³/mol. The Kier molecular flexibility index (Phi) is 6.19. The molecule has 5 rings (SSSR count). The molecule has 9 heteroatoms. The van der Waals surface area contributed by atoms with Crippen LogP contribution in [-0.2, 0) is 12.4 Å². The fraction of sp³-hybridized carbons (Fsp3) is 0.125. The number of rotatable bonds is 8. The Bertz CT molecular complexity index is 1330. The van der Waals surface area contributed by atoms with Gasteiger partial charge in [-0.1, -0.05) is 35.5 Å². The SMILES string of the molecule is COc1ccc(-n2c(COc3ccc(Cl)cc3)nnc2SCc2nc3ccccc3[nH]2)cc1. The lowest BCUT2D eigenvalue weighted by atomic mass is 10.3. The van der Waals surface area contributed by atoms with E-state index >= 15 is 0 Å². The van der Waals surface area contributed by atoms with Gasteiger partial charge in [0.05, 0.1) is 23.9 Å². The van der Waals surface area contributed by atoms with Crippen molar-refractivity contribution in [3.8, 4) is 17.2 Å². The van der Waals surface area contributed by atoms with Gasteiger partial charge in [0.2, 0.25) is 0 Å². The van der Waals surface area contributed by atoms with Crippen molar-refractivity contribution in [3.05, 3.63) is 89.5 Å². The van der Waals surface area contributed by atoms with E-state index in [-0.39, 0.29) is 6.61 Å². The third-order valence-electron chi connectivity index (χ3n) is 4.99. The zero-order chi connectivity index (χ0) is 22.6. The second-order valence-corrected chi connectivity index (χ2v) is 8.54. The first-order chi connectivity index (χ1) is 16.2. The van der Waals surface area contributed by atoms with Crippen molar-refractivity contribution in [1.29, 1.82) is 0 Å². The molecule has 3 aromatic carbocycles. The molecule has 0 aliphatic heterocycles. The van der Waals surface area contributed by atoms with E-state index < -0.39 is 0 Å². The highest BCUT2D eigenvalue weighted by atomic mass is 35.5. The topological polar surface area (TPSA) is 77.8 Å². The lowest BCUT2D eigenvalue weighted by Gasteiger charge is -2.11. The molecule has 166 valence electrons. The van der Waals surface area contributed by atoms with E-state index in [4.69, 9.17) is 21.1 Å². The predicted octanol–water partition coefficient (Wildman–Crippen LogP) is 5.68. The molecule has 0 fully saturated rings. The molecule has 2 aromatic heterocycles. The number of benzene rings is 3. The van der Waals surface area contributed by atoms with Gasteiger partial charge >= 0.3 is 0 Å². The van der Waals surface area contributed by atoms with Crippen molar-refractivity contribution in [1.82, 2.24) is 24.7 Å². The van der Waals surface area contributed by atoms with Gasteiger partial charge in [-0.25, -0.2) is 4.98 Å². The summed E-state index contributed by atoms with van der Waals surface area (Å²) in [5.41, 5.74) is 2.88. The molecular weight excluding hydrogens is 458 g/mol. The summed E-state index contributed by atoms with van der Waals surface area (Å²) in [5, 5.41) is 10.2. The van der Waals surface area contributed by atoms with Gasteiger partial charge in [0, 0.05) is 10.7 Å². The molecule has 0 bridgehead atoms. The number of hydrogen-bond acceptors (Lipinski definition) is 6. The largest absolute Gasteiger partial charge is 0.497 e. The number of methoxy groups -OCH3 is 1. The van der Waals surface area contributed by atoms with Gasteiger partial charge in [0.15, 0.2) is 11.0 Å². The highest BCUT2D eigenvalue weighted by Crippen LogP contribution is 2.27. The van der Waals surface area contributed by atoms with E-state index in [1.807, 2.05) is 65.2 Å². The highest BCUT2D eigenvalue weighted by Gasteiger charge is 2.16. The van der Waals surface area contributed by atoms with Gasteiger partial charge in [0.1, 0.15) is 23.9 Å². The molecule has 2 heterocycles. The van der Waals surface area contributed by atoms with Gasteiger partial charge in [-0.15, -0.1) is 10.2 Å². The fourth-order valence-electron chi connectivity index (χ4n) is 3.36. The summed E-state index contributed by atoms with van der Waals surface area (Å²) in [6, 6.07) is 23.0. The summed E-state index contributed by atoms with van der Waals surface area (Å²) in [4.78, 5) is 8.01. The first-order valence-electron chi connectivity index (χ1n) is 10.2. The van der Waals surface area contributed by atoms with Crippen LogP contribution in [0.25, 0.3) is 16.7 Å². The molecule has 0 unspecified atom stereocenters. The minimum Gasteiger partial charge on any atom is -0.497 e. The maximum Gasteiger partial charge on any atom is 0.196 e. The minimum absolute atomic E-state index is 0.256. The third-order valence-corrected chi connectivity index (χ3v) is 6.18. The molecule has 0 saturated carbocycles. The van der Waals surface area contributed by atoms with E-state index in [0.717, 1.165) is 33.5 Å². The van der Waals surface area contributed by atoms with Crippen molar-refractivity contribution in [2.45, 2.75) is 17.5 Å². The highest BCUT2D eigenvalue weighted by molar-refractivity contribution is 7.98. The van der Waals surface area contributed by atoms with Crippen LogP contribution in [0.1, 0.15) is 11.6 Å². The van der Waals surface area contributed by atoms with Crippen molar-refractivity contribution in [2.24, 2.45) is 0 Å². The number of aromatic nitrogens is 5. The van der Waals surface area contributed by atoms with Crippen LogP contribution in [0.5, 0.6) is 11.5 Å². The van der Waals surface area contributed by atoms with Crippen LogP contribution >= 0.6 is 23.4 Å². The molecule has 1 N–H and O–H groups in total. The molecule has 0 amide bonds. The monoisotopic (exact) mass is 477 g/mol. The zero-order valence-electron chi connectivity index (χ0n) is 17.7. The number of fused-ring (bicyclic) bond motifs is 1. The Hall–Kier alpha value is -3.49. The number of para-hydroxylation sites is 2. The van der Waals surface area contributed by atoms with Crippen molar-refractivity contribution in [3.63, 3.8) is 0 Å². The maximum atomic E-state index is 5.97. The summed E-state index contributed by atoms with van der Waals surface area (Å²) in [5.74, 6) is 3.68. The Morgan fingerprint density at radius 1 is 0.939 bits per heavy atom. The fourth-order valence-corrected chi connectivity index (χ4v) is 4.33. The number of H-pyrrole nitrogens is 1. The van der Waals surface area contributed by atoms with E-state index in [9.17, 15) is 0 Å². The molecular formula is C24H20ClN5O2S. The summed E-state index contributed by atoms with van der Waals surface area (Å²) < 4.78 is 13.2. The first-order valence-corrected chi connectivity index (χ1v) is 11.6. The van der Waals surface area contributed by atoms with Crippen molar-refractivity contribution < 1.29 is 9.47 Å². The molecule has 33 heavy (non-hydrogen) atoms. The van der Waals surface area contributed by atoms with Gasteiger partial charge in [-0.3, -0.25) is 4.57 Å². The Morgan fingerprint density at radius 2 is 1.70 bits per heavy atom. The normalized spacial score (nSPS) is 11.1. The van der Waals surface area contributed by atoms with Crippen LogP contribution in [0.2, 0.25) is 5.02 Å². The third kappa shape index (κ3) is 4.81. The summed E-state index contributed by atoms with van der Waals surface area (Å²) in [7, 11) is 1.65. The number of nitrogens with one attached hydrogen (secondary N) is 1. The minimum atomic E-state index is 0.256. The van der Waals surface area contributed by atoms with Crippen LogP contribution in [0.15, 0.2) is 78.0 Å². The average Bonchev–Trinajstić information content (AvgIpc) is 3.46. The Morgan fingerprint density at radius 3 is 2.45 bits per heavy atom. The second-order valence-electron chi connectivity index (χ2n) is 7.16. The van der Waals surface area contributed by atoms with Crippen molar-refractivity contribution in [2.75, 3.05) is 7.11 Å². The zero-order valence-corrected chi connectivity index (χ0v) is 19.3. The quantitative estimate of drug-likeness (QED) is 0.290. The number of aromatic amines is 1. The molecule has 0 spiro atoms. The summed E-state index contributed by atoms with van der Waals surface area (Å²) >= 11 is 7.53. The van der Waals surface area contributed by atoms with Gasteiger partial charge in [0.25, 0.3) is 0 Å². The number of imidazole rings is 1. The van der Waals surface area contributed by atoms with Gasteiger partial charge < -0.3 is 14.5 Å². The molecule has 7 nitrogen and oxygen atoms in total. The summed E-state index contributed by atoms with van der Waals surface area (Å²) in [6.07, 6.45) is 0. The second kappa shape index (κ2) is 9.56. The number of thioether (sulfide) groups is 1. The molecule has 5 aromatic rings. The molecule has 0 saturated heterocycles.